The van der Waals surface area contributed by atoms with E-state index < -0.39 is 21.1 Å². The summed E-state index contributed by atoms with van der Waals surface area (Å²) in [5.74, 6) is 0.218. The van der Waals surface area contributed by atoms with Gasteiger partial charge in [0.05, 0.1) is 20.8 Å². The molecule has 1 atom stereocenters. The van der Waals surface area contributed by atoms with Crippen LogP contribution >= 0.6 is 11.8 Å². The van der Waals surface area contributed by atoms with E-state index in [0.717, 1.165) is 23.4 Å². The first kappa shape index (κ1) is 21.7. The van der Waals surface area contributed by atoms with Gasteiger partial charge in [0, 0.05) is 38.0 Å². The van der Waals surface area contributed by atoms with Crippen molar-refractivity contribution in [1.82, 2.24) is 9.21 Å². The number of likely N-dealkylation sites (N-methyl/N-ethyl adjacent to an activating group) is 1. The van der Waals surface area contributed by atoms with Gasteiger partial charge in [-0.25, -0.2) is 8.42 Å². The van der Waals surface area contributed by atoms with Crippen molar-refractivity contribution in [2.24, 2.45) is 0 Å². The van der Waals surface area contributed by atoms with Crippen LogP contribution < -0.4 is 0 Å². The van der Waals surface area contributed by atoms with Gasteiger partial charge in [0.1, 0.15) is 0 Å². The molecule has 1 aliphatic rings. The molecule has 1 aliphatic heterocycles. The highest BCUT2D eigenvalue weighted by molar-refractivity contribution is 7.99. The van der Waals surface area contributed by atoms with Crippen molar-refractivity contribution in [1.29, 1.82) is 0 Å². The monoisotopic (exact) mass is 437 g/mol. The Hall–Kier alpha value is -1.98. The Labute approximate surface area is 174 Å². The molecule has 0 bridgehead atoms. The van der Waals surface area contributed by atoms with Gasteiger partial charge < -0.3 is 10.0 Å². The Morgan fingerprint density at radius 2 is 1.79 bits per heavy atom. The van der Waals surface area contributed by atoms with Gasteiger partial charge in [-0.05, 0) is 24.7 Å². The van der Waals surface area contributed by atoms with Crippen LogP contribution in [0.25, 0.3) is 0 Å². The summed E-state index contributed by atoms with van der Waals surface area (Å²) in [6.07, 6.45) is -0.783. The van der Waals surface area contributed by atoms with Crippen molar-refractivity contribution in [3.05, 3.63) is 64.2 Å². The molecule has 3 rings (SSSR count). The molecule has 10 heteroatoms. The van der Waals surface area contributed by atoms with Crippen molar-refractivity contribution >= 4 is 27.5 Å². The van der Waals surface area contributed by atoms with Gasteiger partial charge in [-0.1, -0.05) is 30.3 Å². The Morgan fingerprint density at radius 1 is 1.14 bits per heavy atom. The quantitative estimate of drug-likeness (QED) is 0.403. The topological polar surface area (TPSA) is 104 Å². The average molecular weight is 438 g/mol. The summed E-state index contributed by atoms with van der Waals surface area (Å²) in [5.41, 5.74) is 0.447. The van der Waals surface area contributed by atoms with Crippen molar-refractivity contribution in [3.8, 4) is 0 Å². The van der Waals surface area contributed by atoms with Gasteiger partial charge >= 0.3 is 0 Å². The number of nitro benzene ring substituents is 1. The summed E-state index contributed by atoms with van der Waals surface area (Å²) in [4.78, 5) is 13.2. The van der Waals surface area contributed by atoms with Crippen LogP contribution in [0, 0.1) is 10.1 Å². The number of hydrogen-bond acceptors (Lipinski definition) is 7. The minimum Gasteiger partial charge on any atom is -0.388 e. The molecular formula is C19H23N3O5S2. The number of rotatable bonds is 7. The van der Waals surface area contributed by atoms with E-state index in [4.69, 9.17) is 0 Å². The third kappa shape index (κ3) is 5.14. The molecule has 0 aromatic heterocycles. The molecule has 29 heavy (non-hydrogen) atoms. The van der Waals surface area contributed by atoms with Gasteiger partial charge in [0.2, 0.25) is 10.0 Å². The lowest BCUT2D eigenvalue weighted by Crippen LogP contribution is -2.47. The molecule has 0 amide bonds. The average Bonchev–Trinajstić information content (AvgIpc) is 2.72. The third-order valence-electron chi connectivity index (χ3n) is 4.81. The van der Waals surface area contributed by atoms with Crippen molar-refractivity contribution in [2.75, 3.05) is 39.0 Å². The molecule has 0 spiro atoms. The Morgan fingerprint density at radius 3 is 2.41 bits per heavy atom. The Bertz CT molecular complexity index is 961. The fraction of sp³-hybridized carbons (Fsp3) is 0.368. The lowest BCUT2D eigenvalue weighted by molar-refractivity contribution is -0.388. The number of piperazine rings is 1. The van der Waals surface area contributed by atoms with Crippen molar-refractivity contribution < 1.29 is 18.4 Å². The van der Waals surface area contributed by atoms with E-state index >= 15 is 0 Å². The largest absolute Gasteiger partial charge is 0.388 e. The van der Waals surface area contributed by atoms with E-state index in [0.29, 0.717) is 31.1 Å². The number of benzene rings is 2. The van der Waals surface area contributed by atoms with E-state index in [9.17, 15) is 23.6 Å². The highest BCUT2D eigenvalue weighted by Gasteiger charge is 2.29. The third-order valence-corrected chi connectivity index (χ3v) is 7.84. The molecule has 1 heterocycles. The summed E-state index contributed by atoms with van der Waals surface area (Å²) in [6, 6.07) is 13.0. The molecule has 2 aromatic carbocycles. The van der Waals surface area contributed by atoms with Crippen LogP contribution in [-0.4, -0.2) is 66.6 Å². The number of nitro groups is 1. The van der Waals surface area contributed by atoms with E-state index in [1.165, 1.54) is 16.4 Å². The van der Waals surface area contributed by atoms with Crippen LogP contribution in [0.5, 0.6) is 0 Å². The summed E-state index contributed by atoms with van der Waals surface area (Å²) < 4.78 is 27.1. The number of hydrogen-bond donors (Lipinski definition) is 1. The highest BCUT2D eigenvalue weighted by atomic mass is 32.2. The van der Waals surface area contributed by atoms with Crippen LogP contribution in [0.15, 0.2) is 58.3 Å². The number of aliphatic hydroxyl groups is 1. The molecule has 2 aromatic rings. The maximum Gasteiger partial charge on any atom is 0.284 e. The standard InChI is InChI=1S/C19H23N3O5S2/c1-20-9-11-21(12-10-20)29(26,27)16-7-8-19(17(13-16)22(24)25)28-14-18(23)15-5-3-2-4-6-15/h2-8,13,18,23H,9-12,14H2,1H3/t18-/m1/s1. The van der Waals surface area contributed by atoms with E-state index in [1.807, 2.05) is 30.1 Å². The fourth-order valence-corrected chi connectivity index (χ4v) is 5.46. The van der Waals surface area contributed by atoms with E-state index in [1.54, 1.807) is 12.1 Å². The van der Waals surface area contributed by atoms with Crippen LogP contribution in [0.3, 0.4) is 0 Å². The van der Waals surface area contributed by atoms with Crippen LogP contribution in [0.2, 0.25) is 0 Å². The maximum atomic E-state index is 12.9. The number of sulfonamides is 1. The number of aliphatic hydroxyl groups excluding tert-OH is 1. The lowest BCUT2D eigenvalue weighted by atomic mass is 10.1. The normalized spacial score (nSPS) is 17.2. The summed E-state index contributed by atoms with van der Waals surface area (Å²) in [5, 5.41) is 21.8. The molecule has 0 radical (unpaired) electrons. The molecular weight excluding hydrogens is 414 g/mol. The second-order valence-corrected chi connectivity index (χ2v) is 9.83. The van der Waals surface area contributed by atoms with Crippen LogP contribution in [-0.2, 0) is 10.0 Å². The maximum absolute atomic E-state index is 12.9. The molecule has 0 unspecified atom stereocenters. The van der Waals surface area contributed by atoms with E-state index in [2.05, 4.69) is 0 Å². The zero-order chi connectivity index (χ0) is 21.0. The minimum atomic E-state index is -3.79. The molecule has 0 saturated carbocycles. The van der Waals surface area contributed by atoms with Crippen molar-refractivity contribution in [3.63, 3.8) is 0 Å². The Kier molecular flexibility index (Phi) is 6.91. The highest BCUT2D eigenvalue weighted by Crippen LogP contribution is 2.34. The van der Waals surface area contributed by atoms with Crippen molar-refractivity contribution in [2.45, 2.75) is 15.9 Å². The van der Waals surface area contributed by atoms with Gasteiger partial charge in [-0.15, -0.1) is 11.8 Å². The fourth-order valence-electron chi connectivity index (χ4n) is 3.04. The minimum absolute atomic E-state index is 0.0817. The predicted molar refractivity (Wildman–Crippen MR) is 111 cm³/mol. The molecule has 1 saturated heterocycles. The number of nitrogens with zero attached hydrogens (tertiary/aromatic N) is 3. The first-order chi connectivity index (χ1) is 13.8. The second kappa shape index (κ2) is 9.23. The number of thioether (sulfide) groups is 1. The molecule has 156 valence electrons. The van der Waals surface area contributed by atoms with Crippen LogP contribution in [0.1, 0.15) is 11.7 Å². The molecule has 0 aliphatic carbocycles. The first-order valence-corrected chi connectivity index (χ1v) is 11.5. The van der Waals surface area contributed by atoms with E-state index in [-0.39, 0.29) is 16.3 Å². The zero-order valence-electron chi connectivity index (χ0n) is 16.0. The Balaban J connectivity index is 1.79. The summed E-state index contributed by atoms with van der Waals surface area (Å²) in [6.45, 7) is 1.94. The summed E-state index contributed by atoms with van der Waals surface area (Å²) >= 11 is 1.13. The SMILES string of the molecule is CN1CCN(S(=O)(=O)c2ccc(SC[C@@H](O)c3ccccc3)c([N+](=O)[O-])c2)CC1. The van der Waals surface area contributed by atoms with Gasteiger partial charge in [-0.2, -0.15) is 4.31 Å². The summed E-state index contributed by atoms with van der Waals surface area (Å²) in [7, 11) is -1.87. The molecule has 8 nitrogen and oxygen atoms in total. The van der Waals surface area contributed by atoms with Gasteiger partial charge in [-0.3, -0.25) is 10.1 Å². The van der Waals surface area contributed by atoms with Gasteiger partial charge in [0.25, 0.3) is 5.69 Å². The predicted octanol–water partition coefficient (Wildman–Crippen LogP) is 2.36. The zero-order valence-corrected chi connectivity index (χ0v) is 17.6. The molecule has 1 N–H and O–H groups in total. The lowest BCUT2D eigenvalue weighted by Gasteiger charge is -2.31. The first-order valence-electron chi connectivity index (χ1n) is 9.12. The second-order valence-electron chi connectivity index (χ2n) is 6.83. The smallest absolute Gasteiger partial charge is 0.284 e. The molecule has 1 fully saturated rings. The van der Waals surface area contributed by atoms with Gasteiger partial charge in [0.15, 0.2) is 0 Å². The van der Waals surface area contributed by atoms with Crippen LogP contribution in [0.4, 0.5) is 5.69 Å².